The van der Waals surface area contributed by atoms with Crippen LogP contribution in [0.2, 0.25) is 0 Å². The van der Waals surface area contributed by atoms with Crippen LogP contribution >= 0.6 is 0 Å². The molecule has 1 saturated carbocycles. The predicted octanol–water partition coefficient (Wildman–Crippen LogP) is 1.73. The first-order valence-corrected chi connectivity index (χ1v) is 6.97. The molecule has 1 amide bonds. The molecule has 0 aromatic heterocycles. The lowest BCUT2D eigenvalue weighted by Gasteiger charge is -2.19. The van der Waals surface area contributed by atoms with Crippen LogP contribution in [-0.2, 0) is 10.2 Å². The molecule has 102 valence electrons. The van der Waals surface area contributed by atoms with Crippen LogP contribution < -0.4 is 10.6 Å². The van der Waals surface area contributed by atoms with Crippen LogP contribution in [0.4, 0.5) is 4.39 Å². The molecule has 4 heteroatoms. The summed E-state index contributed by atoms with van der Waals surface area (Å²) in [5, 5.41) is 6.16. The number of carbonyl (C=O) groups excluding carboxylic acids is 1. The van der Waals surface area contributed by atoms with Gasteiger partial charge in [0.05, 0.1) is 6.04 Å². The van der Waals surface area contributed by atoms with Gasteiger partial charge in [-0.2, -0.15) is 0 Å². The maximum Gasteiger partial charge on any atom is 0.237 e. The van der Waals surface area contributed by atoms with Gasteiger partial charge in [-0.05, 0) is 43.9 Å². The first kappa shape index (κ1) is 12.6. The Hall–Kier alpha value is -1.42. The molecule has 1 aromatic rings. The van der Waals surface area contributed by atoms with Crippen molar-refractivity contribution in [1.29, 1.82) is 0 Å². The van der Waals surface area contributed by atoms with E-state index < -0.39 is 0 Å². The molecule has 1 aliphatic carbocycles. The summed E-state index contributed by atoms with van der Waals surface area (Å²) in [6.45, 7) is 1.46. The normalized spacial score (nSPS) is 24.2. The topological polar surface area (TPSA) is 41.1 Å². The standard InChI is InChI=1S/C15H19FN2O/c16-12-5-2-1-4-11(12)15(7-8-15)10-18-14(19)13-6-3-9-17-13/h1-2,4-5,13,17H,3,6-10H2,(H,18,19). The zero-order valence-electron chi connectivity index (χ0n) is 10.9. The van der Waals surface area contributed by atoms with E-state index in [-0.39, 0.29) is 23.2 Å². The molecular formula is C15H19FN2O. The van der Waals surface area contributed by atoms with Crippen LogP contribution in [0.15, 0.2) is 24.3 Å². The molecule has 1 saturated heterocycles. The van der Waals surface area contributed by atoms with Crippen LogP contribution in [0.1, 0.15) is 31.2 Å². The van der Waals surface area contributed by atoms with E-state index in [4.69, 9.17) is 0 Å². The molecular weight excluding hydrogens is 243 g/mol. The number of hydrogen-bond acceptors (Lipinski definition) is 2. The fraction of sp³-hybridized carbons (Fsp3) is 0.533. The van der Waals surface area contributed by atoms with Crippen molar-refractivity contribution in [3.05, 3.63) is 35.6 Å². The fourth-order valence-corrected chi connectivity index (χ4v) is 2.87. The Balaban J connectivity index is 1.63. The Bertz CT molecular complexity index is 479. The van der Waals surface area contributed by atoms with Crippen molar-refractivity contribution < 1.29 is 9.18 Å². The van der Waals surface area contributed by atoms with E-state index >= 15 is 0 Å². The number of hydrogen-bond donors (Lipinski definition) is 2. The minimum absolute atomic E-state index is 0.0557. The summed E-state index contributed by atoms with van der Waals surface area (Å²) < 4.78 is 13.8. The average molecular weight is 262 g/mol. The van der Waals surface area contributed by atoms with E-state index in [1.807, 2.05) is 12.1 Å². The smallest absolute Gasteiger partial charge is 0.237 e. The van der Waals surface area contributed by atoms with E-state index in [1.54, 1.807) is 6.07 Å². The molecule has 19 heavy (non-hydrogen) atoms. The first-order chi connectivity index (χ1) is 9.21. The van der Waals surface area contributed by atoms with Gasteiger partial charge in [-0.3, -0.25) is 4.79 Å². The lowest BCUT2D eigenvalue weighted by molar-refractivity contribution is -0.122. The number of rotatable bonds is 4. The molecule has 3 rings (SSSR count). The molecule has 0 bridgehead atoms. The van der Waals surface area contributed by atoms with E-state index in [9.17, 15) is 9.18 Å². The fourth-order valence-electron chi connectivity index (χ4n) is 2.87. The Morgan fingerprint density at radius 1 is 1.42 bits per heavy atom. The van der Waals surface area contributed by atoms with Crippen LogP contribution in [0.25, 0.3) is 0 Å². The van der Waals surface area contributed by atoms with Crippen molar-refractivity contribution >= 4 is 5.91 Å². The van der Waals surface area contributed by atoms with Gasteiger partial charge in [0.25, 0.3) is 0 Å². The van der Waals surface area contributed by atoms with Gasteiger partial charge in [-0.15, -0.1) is 0 Å². The molecule has 2 fully saturated rings. The molecule has 0 radical (unpaired) electrons. The Morgan fingerprint density at radius 2 is 2.21 bits per heavy atom. The average Bonchev–Trinajstić information content (AvgIpc) is 3.00. The van der Waals surface area contributed by atoms with E-state index in [2.05, 4.69) is 10.6 Å². The van der Waals surface area contributed by atoms with Crippen molar-refractivity contribution in [2.24, 2.45) is 0 Å². The van der Waals surface area contributed by atoms with Crippen molar-refractivity contribution in [1.82, 2.24) is 10.6 Å². The molecule has 2 aliphatic rings. The summed E-state index contributed by atoms with van der Waals surface area (Å²) in [6, 6.07) is 6.84. The maximum atomic E-state index is 13.8. The molecule has 1 unspecified atom stereocenters. The van der Waals surface area contributed by atoms with Gasteiger partial charge in [0.2, 0.25) is 5.91 Å². The van der Waals surface area contributed by atoms with Crippen molar-refractivity contribution in [2.75, 3.05) is 13.1 Å². The second-order valence-corrected chi connectivity index (χ2v) is 5.63. The largest absolute Gasteiger partial charge is 0.354 e. The quantitative estimate of drug-likeness (QED) is 0.867. The van der Waals surface area contributed by atoms with Gasteiger partial charge in [0.1, 0.15) is 5.82 Å². The van der Waals surface area contributed by atoms with Crippen LogP contribution in [0.3, 0.4) is 0 Å². The monoisotopic (exact) mass is 262 g/mol. The van der Waals surface area contributed by atoms with Crippen LogP contribution in [-0.4, -0.2) is 25.0 Å². The molecule has 1 heterocycles. The number of carbonyl (C=O) groups is 1. The maximum absolute atomic E-state index is 13.8. The highest BCUT2D eigenvalue weighted by Crippen LogP contribution is 2.48. The van der Waals surface area contributed by atoms with Crippen molar-refractivity contribution in [3.8, 4) is 0 Å². The third-order valence-corrected chi connectivity index (χ3v) is 4.28. The molecule has 3 nitrogen and oxygen atoms in total. The summed E-state index contributed by atoms with van der Waals surface area (Å²) in [7, 11) is 0. The molecule has 2 N–H and O–H groups in total. The number of halogens is 1. The molecule has 1 aliphatic heterocycles. The van der Waals surface area contributed by atoms with Gasteiger partial charge in [-0.1, -0.05) is 18.2 Å². The second kappa shape index (κ2) is 4.93. The van der Waals surface area contributed by atoms with Crippen LogP contribution in [0.5, 0.6) is 0 Å². The van der Waals surface area contributed by atoms with Gasteiger partial charge in [0, 0.05) is 12.0 Å². The van der Waals surface area contributed by atoms with Gasteiger partial charge in [0.15, 0.2) is 0 Å². The van der Waals surface area contributed by atoms with Crippen molar-refractivity contribution in [2.45, 2.75) is 37.1 Å². The molecule has 1 atom stereocenters. The summed E-state index contributed by atoms with van der Waals surface area (Å²) in [5.41, 5.74) is 0.578. The number of amides is 1. The van der Waals surface area contributed by atoms with Gasteiger partial charge < -0.3 is 10.6 Å². The Morgan fingerprint density at radius 3 is 2.84 bits per heavy atom. The summed E-state index contributed by atoms with van der Waals surface area (Å²) >= 11 is 0. The van der Waals surface area contributed by atoms with Gasteiger partial charge in [-0.25, -0.2) is 4.39 Å². The highest BCUT2D eigenvalue weighted by Gasteiger charge is 2.46. The summed E-state index contributed by atoms with van der Waals surface area (Å²) in [5.74, 6) is -0.103. The molecule has 1 aromatic carbocycles. The lowest BCUT2D eigenvalue weighted by atomic mass is 9.95. The van der Waals surface area contributed by atoms with E-state index in [0.717, 1.165) is 37.8 Å². The van der Waals surface area contributed by atoms with Crippen molar-refractivity contribution in [3.63, 3.8) is 0 Å². The number of benzene rings is 1. The predicted molar refractivity (Wildman–Crippen MR) is 71.3 cm³/mol. The minimum Gasteiger partial charge on any atom is -0.354 e. The van der Waals surface area contributed by atoms with Gasteiger partial charge >= 0.3 is 0 Å². The first-order valence-electron chi connectivity index (χ1n) is 6.97. The number of nitrogens with one attached hydrogen (secondary N) is 2. The van der Waals surface area contributed by atoms with E-state index in [1.165, 1.54) is 6.07 Å². The molecule has 0 spiro atoms. The minimum atomic E-state index is -0.167. The zero-order valence-corrected chi connectivity index (χ0v) is 10.9. The Kier molecular flexibility index (Phi) is 3.27. The van der Waals surface area contributed by atoms with Crippen LogP contribution in [0, 0.1) is 5.82 Å². The zero-order chi connectivity index (χ0) is 13.3. The summed E-state index contributed by atoms with van der Waals surface area (Å²) in [4.78, 5) is 12.0. The highest BCUT2D eigenvalue weighted by molar-refractivity contribution is 5.82. The highest BCUT2D eigenvalue weighted by atomic mass is 19.1. The summed E-state index contributed by atoms with van der Waals surface area (Å²) in [6.07, 6.45) is 3.85. The lowest BCUT2D eigenvalue weighted by Crippen LogP contribution is -2.43. The third-order valence-electron chi connectivity index (χ3n) is 4.28. The van der Waals surface area contributed by atoms with E-state index in [0.29, 0.717) is 6.54 Å². The Labute approximate surface area is 112 Å². The third kappa shape index (κ3) is 2.50. The SMILES string of the molecule is O=C(NCC1(c2ccccc2F)CC1)C1CCCN1. The second-order valence-electron chi connectivity index (χ2n) is 5.63.